The molecule has 0 atom stereocenters. The molecule has 0 N–H and O–H groups in total. The van der Waals surface area contributed by atoms with E-state index in [1.807, 2.05) is 0 Å². The molecule has 13 rings (SSSR count). The Morgan fingerprint density at radius 1 is 0.382 bits per heavy atom. The molecule has 344 valence electrons. The number of para-hydroxylation sites is 1. The van der Waals surface area contributed by atoms with E-state index in [-0.39, 0.29) is 27.1 Å². The molecule has 7 aromatic rings. The van der Waals surface area contributed by atoms with E-state index in [4.69, 9.17) is 0 Å². The van der Waals surface area contributed by atoms with Crippen molar-refractivity contribution in [2.75, 3.05) is 4.90 Å². The van der Waals surface area contributed by atoms with Crippen molar-refractivity contribution < 1.29 is 0 Å². The third-order valence-corrected chi connectivity index (χ3v) is 17.9. The summed E-state index contributed by atoms with van der Waals surface area (Å²) in [4.78, 5) is 2.65. The number of nitrogens with zero attached hydrogens (tertiary/aromatic N) is 1. The van der Waals surface area contributed by atoms with Gasteiger partial charge in [0, 0.05) is 27.8 Å². The molecule has 4 fully saturated rings. The van der Waals surface area contributed by atoms with Crippen molar-refractivity contribution in [3.63, 3.8) is 0 Å². The van der Waals surface area contributed by atoms with Crippen molar-refractivity contribution in [2.45, 2.75) is 135 Å². The molecule has 4 bridgehead atoms. The van der Waals surface area contributed by atoms with Gasteiger partial charge >= 0.3 is 0 Å². The van der Waals surface area contributed by atoms with E-state index in [0.717, 1.165) is 11.8 Å². The minimum absolute atomic E-state index is 0.00459. The summed E-state index contributed by atoms with van der Waals surface area (Å²) in [7, 11) is 0. The summed E-state index contributed by atoms with van der Waals surface area (Å²) in [5, 5.41) is 0. The third kappa shape index (κ3) is 6.53. The fourth-order valence-corrected chi connectivity index (χ4v) is 14.6. The average Bonchev–Trinajstić information content (AvgIpc) is 3.72. The predicted octanol–water partition coefficient (Wildman–Crippen LogP) is 18.4. The van der Waals surface area contributed by atoms with Gasteiger partial charge in [-0.15, -0.1) is 0 Å². The molecule has 1 heteroatoms. The number of rotatable bonds is 5. The highest BCUT2D eigenvalue weighted by Gasteiger charge is 2.61. The summed E-state index contributed by atoms with van der Waals surface area (Å²) >= 11 is 0. The maximum absolute atomic E-state index is 2.69. The van der Waals surface area contributed by atoms with Crippen LogP contribution < -0.4 is 4.90 Å². The van der Waals surface area contributed by atoms with Gasteiger partial charge in [-0.2, -0.15) is 0 Å². The van der Waals surface area contributed by atoms with Crippen LogP contribution in [0, 0.1) is 23.7 Å². The smallest absolute Gasteiger partial charge is 0.0540 e. The first-order valence-corrected chi connectivity index (χ1v) is 26.0. The number of benzene rings is 7. The fourth-order valence-electron chi connectivity index (χ4n) is 14.6. The number of hydrogen-bond acceptors (Lipinski definition) is 1. The van der Waals surface area contributed by atoms with Crippen molar-refractivity contribution in [2.24, 2.45) is 23.7 Å². The van der Waals surface area contributed by atoms with Crippen molar-refractivity contribution in [1.29, 1.82) is 0 Å². The highest BCUT2D eigenvalue weighted by Crippen LogP contribution is 2.70. The van der Waals surface area contributed by atoms with Gasteiger partial charge < -0.3 is 4.90 Å². The SMILES string of the molecule is CC(C)(C)c1cc(-c2cc(C(C)(C)C)ccc2-c2ccccc2N(c2ccc3c(c2)C(C)(C)c2ccccc2-3)c2ccc3c(c2)C2(c4ccccc4-3)C3CC4CC(C3)CC2C4)cc(C(C)(C)C)c1. The van der Waals surface area contributed by atoms with Gasteiger partial charge in [-0.05, 0) is 186 Å². The summed E-state index contributed by atoms with van der Waals surface area (Å²) in [6.45, 7) is 26.0. The molecular weight excluding hydrogens is 819 g/mol. The fraction of sp³-hybridized carbons (Fsp3) is 0.373. The second-order valence-corrected chi connectivity index (χ2v) is 25.5. The Hall–Kier alpha value is -5.66. The molecule has 0 heterocycles. The molecule has 6 aliphatic rings. The minimum atomic E-state index is -0.129. The van der Waals surface area contributed by atoms with Crippen LogP contribution in [0.25, 0.3) is 44.5 Å². The Labute approximate surface area is 408 Å². The zero-order chi connectivity index (χ0) is 47.3. The van der Waals surface area contributed by atoms with Gasteiger partial charge in [0.25, 0.3) is 0 Å². The molecule has 68 heavy (non-hydrogen) atoms. The lowest BCUT2D eigenvalue weighted by Crippen LogP contribution is -2.55. The van der Waals surface area contributed by atoms with Crippen LogP contribution in [0.4, 0.5) is 17.1 Å². The molecule has 1 spiro atoms. The van der Waals surface area contributed by atoms with Gasteiger partial charge in [0.15, 0.2) is 0 Å². The quantitative estimate of drug-likeness (QED) is 0.166. The second kappa shape index (κ2) is 14.9. The summed E-state index contributed by atoms with van der Waals surface area (Å²) in [5.74, 6) is 3.18. The molecular formula is C67H71N. The number of anilines is 3. The highest BCUT2D eigenvalue weighted by molar-refractivity contribution is 5.96. The Balaban J connectivity index is 1.11. The van der Waals surface area contributed by atoms with Gasteiger partial charge in [0.05, 0.1) is 5.69 Å². The largest absolute Gasteiger partial charge is 0.310 e. The topological polar surface area (TPSA) is 3.24 Å². The minimum Gasteiger partial charge on any atom is -0.310 e. The summed E-state index contributed by atoms with van der Waals surface area (Å²) in [5.41, 5.74) is 24.5. The van der Waals surface area contributed by atoms with E-state index in [9.17, 15) is 0 Å². The number of fused-ring (bicyclic) bond motifs is 6. The van der Waals surface area contributed by atoms with Crippen molar-refractivity contribution in [1.82, 2.24) is 0 Å². The van der Waals surface area contributed by atoms with E-state index in [2.05, 4.69) is 227 Å². The maximum Gasteiger partial charge on any atom is 0.0540 e. The number of hydrogen-bond donors (Lipinski definition) is 0. The van der Waals surface area contributed by atoms with Crippen LogP contribution in [-0.4, -0.2) is 0 Å². The first-order valence-electron chi connectivity index (χ1n) is 26.0. The Kier molecular flexibility index (Phi) is 9.57. The Morgan fingerprint density at radius 3 is 1.44 bits per heavy atom. The van der Waals surface area contributed by atoms with E-state index >= 15 is 0 Å². The first kappa shape index (κ1) is 43.6. The molecule has 6 aliphatic carbocycles. The Bertz CT molecular complexity index is 3110. The van der Waals surface area contributed by atoms with Gasteiger partial charge in [0.2, 0.25) is 0 Å². The van der Waals surface area contributed by atoms with Gasteiger partial charge in [-0.1, -0.05) is 185 Å². The van der Waals surface area contributed by atoms with E-state index in [1.165, 1.54) is 121 Å². The molecule has 0 unspecified atom stereocenters. The maximum atomic E-state index is 2.69. The molecule has 0 amide bonds. The lowest BCUT2D eigenvalue weighted by atomic mass is 9.43. The molecule has 1 nitrogen and oxygen atoms in total. The molecule has 0 radical (unpaired) electrons. The van der Waals surface area contributed by atoms with E-state index in [0.29, 0.717) is 11.8 Å². The molecule has 4 saturated carbocycles. The summed E-state index contributed by atoms with van der Waals surface area (Å²) < 4.78 is 0. The normalized spacial score (nSPS) is 22.8. The average molecular weight is 890 g/mol. The predicted molar refractivity (Wildman–Crippen MR) is 289 cm³/mol. The van der Waals surface area contributed by atoms with Crippen molar-refractivity contribution >= 4 is 17.1 Å². The van der Waals surface area contributed by atoms with Gasteiger partial charge in [0.1, 0.15) is 0 Å². The van der Waals surface area contributed by atoms with Gasteiger partial charge in [-0.3, -0.25) is 0 Å². The standard InChI is InChI=1S/C67H71N/c1-63(2,3)44-24-27-51(57(38-44)43-35-45(64(4,5)6)37-46(36-43)65(7,8)9)56-20-14-17-23-62(56)68(49-25-28-54-52-18-12-15-21-58(52)66(10,11)60(54)39-49)50-26-29-55-53-19-13-16-22-59(53)67(61(55)40-50)47-31-41-30-42(33-47)34-48(67)32-41/h12-29,35-42,47-48H,30-34H2,1-11H3. The van der Waals surface area contributed by atoms with Crippen LogP contribution in [0.2, 0.25) is 0 Å². The van der Waals surface area contributed by atoms with Crippen LogP contribution >= 0.6 is 0 Å². The highest BCUT2D eigenvalue weighted by atomic mass is 15.1. The molecule has 7 aromatic carbocycles. The monoisotopic (exact) mass is 890 g/mol. The van der Waals surface area contributed by atoms with Crippen molar-refractivity contribution in [3.05, 3.63) is 185 Å². The van der Waals surface area contributed by atoms with Crippen LogP contribution in [0.5, 0.6) is 0 Å². The molecule has 0 saturated heterocycles. The molecule has 0 aromatic heterocycles. The van der Waals surface area contributed by atoms with E-state index in [1.54, 1.807) is 11.1 Å². The van der Waals surface area contributed by atoms with Crippen molar-refractivity contribution in [3.8, 4) is 44.5 Å². The third-order valence-electron chi connectivity index (χ3n) is 17.9. The van der Waals surface area contributed by atoms with Crippen LogP contribution in [0.15, 0.2) is 146 Å². The van der Waals surface area contributed by atoms with E-state index < -0.39 is 0 Å². The second-order valence-electron chi connectivity index (χ2n) is 25.5. The van der Waals surface area contributed by atoms with Crippen LogP contribution in [0.1, 0.15) is 147 Å². The lowest BCUT2D eigenvalue weighted by molar-refractivity contribution is -0.0399. The lowest BCUT2D eigenvalue weighted by Gasteiger charge is -2.61. The summed E-state index contributed by atoms with van der Waals surface area (Å²) in [6, 6.07) is 57.8. The summed E-state index contributed by atoms with van der Waals surface area (Å²) in [6.07, 6.45) is 6.95. The Morgan fingerprint density at radius 2 is 0.853 bits per heavy atom. The zero-order valence-corrected chi connectivity index (χ0v) is 42.6. The molecule has 0 aliphatic heterocycles. The van der Waals surface area contributed by atoms with Crippen LogP contribution in [-0.2, 0) is 27.1 Å². The zero-order valence-electron chi connectivity index (χ0n) is 42.6. The van der Waals surface area contributed by atoms with Crippen LogP contribution in [0.3, 0.4) is 0 Å². The first-order chi connectivity index (χ1) is 32.3. The van der Waals surface area contributed by atoms with Gasteiger partial charge in [-0.25, -0.2) is 0 Å².